The van der Waals surface area contributed by atoms with Crippen LogP contribution in [0.25, 0.3) is 0 Å². The zero-order valence-corrected chi connectivity index (χ0v) is 9.37. The van der Waals surface area contributed by atoms with E-state index >= 15 is 0 Å². The molecule has 0 spiro atoms. The predicted molar refractivity (Wildman–Crippen MR) is 59.7 cm³/mol. The molecule has 17 heavy (non-hydrogen) atoms. The molecule has 0 unspecified atom stereocenters. The lowest BCUT2D eigenvalue weighted by Gasteiger charge is -2.04. The molecule has 0 amide bonds. The molecule has 6 nitrogen and oxygen atoms in total. The minimum Gasteiger partial charge on any atom is -0.497 e. The smallest absolute Gasteiger partial charge is 0.236 e. The Morgan fingerprint density at radius 2 is 2.00 bits per heavy atom. The second-order valence-corrected chi connectivity index (χ2v) is 3.52. The summed E-state index contributed by atoms with van der Waals surface area (Å²) in [5.41, 5.74) is 1.13. The lowest BCUT2D eigenvalue weighted by atomic mass is 10.2. The highest BCUT2D eigenvalue weighted by Gasteiger charge is 2.10. The van der Waals surface area contributed by atoms with E-state index < -0.39 is 0 Å². The number of aromatic nitrogens is 3. The second kappa shape index (κ2) is 4.84. The SMILES string of the molecule is COc1ccc(Cn2nnc(CO)c2O)cc1. The molecule has 1 aromatic heterocycles. The molecule has 0 aliphatic heterocycles. The maximum absolute atomic E-state index is 9.64. The number of methoxy groups -OCH3 is 1. The molecule has 1 aromatic carbocycles. The van der Waals surface area contributed by atoms with E-state index in [2.05, 4.69) is 10.3 Å². The van der Waals surface area contributed by atoms with E-state index in [0.29, 0.717) is 6.54 Å². The lowest BCUT2D eigenvalue weighted by Crippen LogP contribution is -2.01. The van der Waals surface area contributed by atoms with Gasteiger partial charge in [-0.3, -0.25) is 0 Å². The van der Waals surface area contributed by atoms with E-state index in [1.54, 1.807) is 7.11 Å². The first-order valence-electron chi connectivity index (χ1n) is 5.09. The average Bonchev–Trinajstić information content (AvgIpc) is 2.71. The lowest BCUT2D eigenvalue weighted by molar-refractivity contribution is 0.269. The number of aliphatic hydroxyl groups excluding tert-OH is 1. The van der Waals surface area contributed by atoms with Crippen molar-refractivity contribution in [2.45, 2.75) is 13.2 Å². The fraction of sp³-hybridized carbons (Fsp3) is 0.273. The van der Waals surface area contributed by atoms with Crippen LogP contribution in [0, 0.1) is 0 Å². The molecular formula is C11H13N3O3. The van der Waals surface area contributed by atoms with Crippen molar-refractivity contribution in [1.82, 2.24) is 15.0 Å². The van der Waals surface area contributed by atoms with Crippen LogP contribution in [-0.4, -0.2) is 32.3 Å². The van der Waals surface area contributed by atoms with Crippen molar-refractivity contribution in [2.75, 3.05) is 7.11 Å². The Labute approximate surface area is 98.1 Å². The highest BCUT2D eigenvalue weighted by Crippen LogP contribution is 2.17. The topological polar surface area (TPSA) is 80.4 Å². The molecule has 0 aliphatic carbocycles. The molecule has 0 radical (unpaired) electrons. The Morgan fingerprint density at radius 3 is 2.53 bits per heavy atom. The third-order valence-corrected chi connectivity index (χ3v) is 2.42. The number of hydrogen-bond donors (Lipinski definition) is 2. The predicted octanol–water partition coefficient (Wildman–Crippen LogP) is 0.533. The summed E-state index contributed by atoms with van der Waals surface area (Å²) in [7, 11) is 1.60. The molecule has 0 bridgehead atoms. The van der Waals surface area contributed by atoms with Crippen LogP contribution in [0.15, 0.2) is 24.3 Å². The largest absolute Gasteiger partial charge is 0.497 e. The normalized spacial score (nSPS) is 10.5. The van der Waals surface area contributed by atoms with E-state index in [9.17, 15) is 5.11 Å². The fourth-order valence-corrected chi connectivity index (χ4v) is 1.46. The summed E-state index contributed by atoms with van der Waals surface area (Å²) >= 11 is 0. The van der Waals surface area contributed by atoms with Gasteiger partial charge in [-0.1, -0.05) is 17.3 Å². The monoisotopic (exact) mass is 235 g/mol. The first-order valence-corrected chi connectivity index (χ1v) is 5.09. The van der Waals surface area contributed by atoms with Gasteiger partial charge in [-0.15, -0.1) is 5.10 Å². The van der Waals surface area contributed by atoms with Gasteiger partial charge in [-0.05, 0) is 17.7 Å². The van der Waals surface area contributed by atoms with Gasteiger partial charge in [0.05, 0.1) is 20.3 Å². The number of ether oxygens (including phenoxy) is 1. The summed E-state index contributed by atoms with van der Waals surface area (Å²) < 4.78 is 6.37. The molecular weight excluding hydrogens is 222 g/mol. The number of rotatable bonds is 4. The van der Waals surface area contributed by atoms with Gasteiger partial charge in [-0.2, -0.15) is 0 Å². The van der Waals surface area contributed by atoms with Crippen LogP contribution in [0.5, 0.6) is 11.6 Å². The summed E-state index contributed by atoms with van der Waals surface area (Å²) in [6.07, 6.45) is 0. The molecule has 0 saturated carbocycles. The van der Waals surface area contributed by atoms with Gasteiger partial charge in [0, 0.05) is 0 Å². The quantitative estimate of drug-likeness (QED) is 0.808. The Kier molecular flexibility index (Phi) is 3.24. The average molecular weight is 235 g/mol. The number of nitrogens with zero attached hydrogens (tertiary/aromatic N) is 3. The molecule has 2 rings (SSSR count). The zero-order chi connectivity index (χ0) is 12.3. The number of hydrogen-bond acceptors (Lipinski definition) is 5. The molecule has 6 heteroatoms. The van der Waals surface area contributed by atoms with E-state index in [1.165, 1.54) is 4.68 Å². The van der Waals surface area contributed by atoms with Crippen LogP contribution in [0.4, 0.5) is 0 Å². The Hall–Kier alpha value is -2.08. The highest BCUT2D eigenvalue weighted by molar-refractivity contribution is 5.28. The van der Waals surface area contributed by atoms with Gasteiger partial charge in [0.15, 0.2) is 5.69 Å². The van der Waals surface area contributed by atoms with E-state index in [4.69, 9.17) is 9.84 Å². The maximum Gasteiger partial charge on any atom is 0.236 e. The van der Waals surface area contributed by atoms with Crippen molar-refractivity contribution in [3.8, 4) is 11.6 Å². The minimum absolute atomic E-state index is 0.108. The Morgan fingerprint density at radius 1 is 1.29 bits per heavy atom. The van der Waals surface area contributed by atoms with Crippen molar-refractivity contribution in [3.63, 3.8) is 0 Å². The fourth-order valence-electron chi connectivity index (χ4n) is 1.46. The summed E-state index contributed by atoms with van der Waals surface area (Å²) in [5.74, 6) is 0.663. The molecule has 2 N–H and O–H groups in total. The van der Waals surface area contributed by atoms with E-state index in [1.807, 2.05) is 24.3 Å². The van der Waals surface area contributed by atoms with Crippen LogP contribution >= 0.6 is 0 Å². The summed E-state index contributed by atoms with van der Waals surface area (Å²) in [6.45, 7) is 0.0667. The van der Waals surface area contributed by atoms with Gasteiger partial charge >= 0.3 is 0 Å². The van der Waals surface area contributed by atoms with Crippen LogP contribution in [0.1, 0.15) is 11.3 Å². The van der Waals surface area contributed by atoms with Crippen LogP contribution in [0.3, 0.4) is 0 Å². The van der Waals surface area contributed by atoms with Crippen LogP contribution < -0.4 is 4.74 Å². The number of benzene rings is 1. The van der Waals surface area contributed by atoms with Gasteiger partial charge < -0.3 is 14.9 Å². The third-order valence-electron chi connectivity index (χ3n) is 2.42. The molecule has 0 saturated heterocycles. The van der Waals surface area contributed by atoms with Crippen molar-refractivity contribution < 1.29 is 14.9 Å². The Bertz CT molecular complexity index is 493. The zero-order valence-electron chi connectivity index (χ0n) is 9.37. The number of aromatic hydroxyl groups is 1. The molecule has 90 valence electrons. The van der Waals surface area contributed by atoms with E-state index in [0.717, 1.165) is 11.3 Å². The first-order chi connectivity index (χ1) is 8.24. The van der Waals surface area contributed by atoms with Crippen molar-refractivity contribution in [2.24, 2.45) is 0 Å². The summed E-state index contributed by atoms with van der Waals surface area (Å²) in [5, 5.41) is 25.9. The van der Waals surface area contributed by atoms with Crippen molar-refractivity contribution >= 4 is 0 Å². The molecule has 0 atom stereocenters. The van der Waals surface area contributed by atoms with Crippen molar-refractivity contribution in [1.29, 1.82) is 0 Å². The molecule has 0 aliphatic rings. The highest BCUT2D eigenvalue weighted by atomic mass is 16.5. The number of aliphatic hydroxyl groups is 1. The van der Waals surface area contributed by atoms with Gasteiger partial charge in [0.25, 0.3) is 0 Å². The first kappa shape index (κ1) is 11.4. The Balaban J connectivity index is 2.16. The molecule has 1 heterocycles. The summed E-state index contributed by atoms with van der Waals surface area (Å²) in [6, 6.07) is 7.41. The van der Waals surface area contributed by atoms with Crippen molar-refractivity contribution in [3.05, 3.63) is 35.5 Å². The standard InChI is InChI=1S/C11H13N3O3/c1-17-9-4-2-8(3-5-9)6-14-11(16)10(7-15)12-13-14/h2-5,15-16H,6-7H2,1H3. The van der Waals surface area contributed by atoms with Gasteiger partial charge in [0.1, 0.15) is 5.75 Å². The van der Waals surface area contributed by atoms with Crippen LogP contribution in [0.2, 0.25) is 0 Å². The minimum atomic E-state index is -0.325. The van der Waals surface area contributed by atoms with Crippen LogP contribution in [-0.2, 0) is 13.2 Å². The second-order valence-electron chi connectivity index (χ2n) is 3.52. The molecule has 0 fully saturated rings. The maximum atomic E-state index is 9.64. The summed E-state index contributed by atoms with van der Waals surface area (Å²) in [4.78, 5) is 0. The third kappa shape index (κ3) is 2.36. The van der Waals surface area contributed by atoms with Gasteiger partial charge in [-0.25, -0.2) is 4.68 Å². The van der Waals surface area contributed by atoms with Gasteiger partial charge in [0.2, 0.25) is 5.88 Å². The molecule has 2 aromatic rings. The van der Waals surface area contributed by atoms with E-state index in [-0.39, 0.29) is 18.2 Å².